The molecule has 0 aromatic rings. The van der Waals surface area contributed by atoms with Crippen LogP contribution in [0.15, 0.2) is 0 Å². The van der Waals surface area contributed by atoms with Gasteiger partial charge in [0.15, 0.2) is 0 Å². The SMILES string of the molecule is C[C@H](C1CCCCC1)N(CC(=O)NCC(=O)N(CC(=O)NCC(=O)N(CC(=O)NCC(=O)O)[C@H](C)C1CCCCC1)[C@H](C)C1CCCCC1)C(=O)CN. The van der Waals surface area contributed by atoms with E-state index in [2.05, 4.69) is 16.0 Å². The first-order valence-corrected chi connectivity index (χ1v) is 19.9. The van der Waals surface area contributed by atoms with Gasteiger partial charge in [0.2, 0.25) is 35.4 Å². The monoisotopic (exact) mass is 747 g/mol. The second-order valence-corrected chi connectivity index (χ2v) is 15.4. The second kappa shape index (κ2) is 22.5. The van der Waals surface area contributed by atoms with Crippen molar-refractivity contribution in [2.45, 2.75) is 135 Å². The second-order valence-electron chi connectivity index (χ2n) is 15.4. The number of carbonyl (C=O) groups is 7. The summed E-state index contributed by atoms with van der Waals surface area (Å²) in [4.78, 5) is 94.6. The third-order valence-corrected chi connectivity index (χ3v) is 11.9. The quantitative estimate of drug-likeness (QED) is 0.130. The summed E-state index contributed by atoms with van der Waals surface area (Å²) in [6, 6.07) is -0.767. The lowest BCUT2D eigenvalue weighted by Gasteiger charge is -2.37. The van der Waals surface area contributed by atoms with E-state index in [9.17, 15) is 33.6 Å². The number of carboxylic acid groups (broad SMARTS) is 1. The number of hydrogen-bond donors (Lipinski definition) is 5. The van der Waals surface area contributed by atoms with E-state index in [1.807, 2.05) is 20.8 Å². The molecular weight excluding hydrogens is 682 g/mol. The minimum Gasteiger partial charge on any atom is -0.480 e. The van der Waals surface area contributed by atoms with Crippen molar-refractivity contribution in [1.29, 1.82) is 0 Å². The van der Waals surface area contributed by atoms with Crippen molar-refractivity contribution in [3.05, 3.63) is 0 Å². The molecule has 6 amide bonds. The van der Waals surface area contributed by atoms with Crippen molar-refractivity contribution in [3.8, 4) is 0 Å². The van der Waals surface area contributed by atoms with E-state index < -0.39 is 48.6 Å². The van der Waals surface area contributed by atoms with Crippen LogP contribution >= 0.6 is 0 Å². The van der Waals surface area contributed by atoms with Crippen LogP contribution in [0.5, 0.6) is 0 Å². The van der Waals surface area contributed by atoms with Gasteiger partial charge in [-0.1, -0.05) is 57.8 Å². The maximum atomic E-state index is 13.7. The number of hydrogen-bond acceptors (Lipinski definition) is 8. The molecule has 3 atom stereocenters. The highest BCUT2D eigenvalue weighted by atomic mass is 16.4. The highest BCUT2D eigenvalue weighted by Crippen LogP contribution is 2.31. The van der Waals surface area contributed by atoms with E-state index in [4.69, 9.17) is 10.8 Å². The number of carbonyl (C=O) groups excluding carboxylic acids is 6. The third-order valence-electron chi connectivity index (χ3n) is 11.9. The van der Waals surface area contributed by atoms with Gasteiger partial charge in [-0.3, -0.25) is 33.6 Å². The summed E-state index contributed by atoms with van der Waals surface area (Å²) >= 11 is 0. The Kier molecular flexibility index (Phi) is 18.5. The Hall–Kier alpha value is -3.75. The van der Waals surface area contributed by atoms with E-state index >= 15 is 0 Å². The predicted octanol–water partition coefficient (Wildman–Crippen LogP) is 1.77. The van der Waals surface area contributed by atoms with Crippen molar-refractivity contribution in [2.75, 3.05) is 45.8 Å². The summed E-state index contributed by atoms with van der Waals surface area (Å²) in [5.74, 6) is -3.46. The fourth-order valence-electron chi connectivity index (χ4n) is 8.47. The van der Waals surface area contributed by atoms with Gasteiger partial charge in [-0.05, 0) is 77.0 Å². The lowest BCUT2D eigenvalue weighted by Crippen LogP contribution is -2.54. The number of carboxylic acids is 1. The molecule has 300 valence electrons. The molecule has 0 heterocycles. The van der Waals surface area contributed by atoms with Gasteiger partial charge in [0, 0.05) is 18.1 Å². The first kappa shape index (κ1) is 43.7. The summed E-state index contributed by atoms with van der Waals surface area (Å²) in [7, 11) is 0. The summed E-state index contributed by atoms with van der Waals surface area (Å²) in [5.41, 5.74) is 5.70. The molecule has 53 heavy (non-hydrogen) atoms. The van der Waals surface area contributed by atoms with Crippen LogP contribution in [-0.4, -0.2) is 125 Å². The molecule has 3 rings (SSSR count). The van der Waals surface area contributed by atoms with Gasteiger partial charge in [0.1, 0.15) is 6.54 Å². The maximum Gasteiger partial charge on any atom is 0.322 e. The van der Waals surface area contributed by atoms with Crippen LogP contribution in [0.25, 0.3) is 0 Å². The lowest BCUT2D eigenvalue weighted by molar-refractivity contribution is -0.142. The van der Waals surface area contributed by atoms with Gasteiger partial charge in [0.25, 0.3) is 0 Å². The number of nitrogens with zero attached hydrogens (tertiary/aromatic N) is 3. The zero-order valence-electron chi connectivity index (χ0n) is 32.2. The molecule has 3 saturated carbocycles. The Labute approximate surface area is 314 Å². The van der Waals surface area contributed by atoms with Crippen molar-refractivity contribution in [1.82, 2.24) is 30.7 Å². The topological polar surface area (TPSA) is 212 Å². The van der Waals surface area contributed by atoms with E-state index in [0.29, 0.717) is 0 Å². The van der Waals surface area contributed by atoms with Gasteiger partial charge in [-0.2, -0.15) is 0 Å². The molecule has 3 aliphatic rings. The molecule has 3 fully saturated rings. The summed E-state index contributed by atoms with van der Waals surface area (Å²) in [6.07, 6.45) is 15.2. The van der Waals surface area contributed by atoms with Crippen LogP contribution in [0.2, 0.25) is 0 Å². The van der Waals surface area contributed by atoms with E-state index in [1.54, 1.807) is 0 Å². The van der Waals surface area contributed by atoms with Gasteiger partial charge in [-0.25, -0.2) is 0 Å². The highest BCUT2D eigenvalue weighted by molar-refractivity contribution is 5.92. The first-order chi connectivity index (χ1) is 25.3. The van der Waals surface area contributed by atoms with Gasteiger partial charge in [0.05, 0.1) is 39.3 Å². The molecule has 3 aliphatic carbocycles. The van der Waals surface area contributed by atoms with E-state index in [1.165, 1.54) is 14.7 Å². The predicted molar refractivity (Wildman–Crippen MR) is 199 cm³/mol. The van der Waals surface area contributed by atoms with Crippen LogP contribution < -0.4 is 21.7 Å². The standard InChI is InChI=1S/C38H65N7O8/c1-26(29-13-7-4-8-14-29)43(35(49)19-39)23-32(46)40-20-36(50)44(27(2)30-15-9-5-10-16-30)24-33(47)41-21-37(51)45(25-34(48)42-22-38(52)53)28(3)31-17-11-6-12-18-31/h26-31H,4-25,39H2,1-3H3,(H,40,46)(H,41,47)(H,42,48)(H,52,53)/t26-,27-,28-/m1/s1. The van der Waals surface area contributed by atoms with Gasteiger partial charge in [-0.15, -0.1) is 0 Å². The number of amides is 6. The van der Waals surface area contributed by atoms with Crippen molar-refractivity contribution in [3.63, 3.8) is 0 Å². The van der Waals surface area contributed by atoms with Crippen molar-refractivity contribution < 1.29 is 38.7 Å². The number of nitrogens with two attached hydrogens (primary N) is 1. The Bertz CT molecular complexity index is 1250. The number of nitrogens with one attached hydrogen (secondary N) is 3. The molecule has 15 nitrogen and oxygen atoms in total. The molecule has 6 N–H and O–H groups in total. The fraction of sp³-hybridized carbons (Fsp3) is 0.816. The average Bonchev–Trinajstić information content (AvgIpc) is 3.18. The van der Waals surface area contributed by atoms with Crippen molar-refractivity contribution in [2.24, 2.45) is 23.5 Å². The zero-order chi connectivity index (χ0) is 38.9. The summed E-state index contributed by atoms with van der Waals surface area (Å²) in [5, 5.41) is 16.6. The average molecular weight is 748 g/mol. The smallest absolute Gasteiger partial charge is 0.322 e. The van der Waals surface area contributed by atoms with E-state index in [-0.39, 0.29) is 74.5 Å². The van der Waals surface area contributed by atoms with Crippen LogP contribution in [0.4, 0.5) is 0 Å². The minimum atomic E-state index is -1.20. The Morgan fingerprint density at radius 3 is 1.08 bits per heavy atom. The molecular formula is C38H65N7O8. The minimum absolute atomic E-state index is 0.164. The fourth-order valence-corrected chi connectivity index (χ4v) is 8.47. The molecule has 0 aromatic carbocycles. The summed E-state index contributed by atoms with van der Waals surface area (Å²) in [6.45, 7) is 3.31. The Morgan fingerprint density at radius 2 is 0.792 bits per heavy atom. The van der Waals surface area contributed by atoms with Crippen LogP contribution in [0.3, 0.4) is 0 Å². The lowest BCUT2D eigenvalue weighted by atomic mass is 9.84. The molecule has 0 radical (unpaired) electrons. The number of aliphatic carboxylic acids is 1. The molecule has 0 bridgehead atoms. The summed E-state index contributed by atoms with van der Waals surface area (Å²) < 4.78 is 0. The first-order valence-electron chi connectivity index (χ1n) is 19.9. The normalized spacial score (nSPS) is 18.9. The molecule has 0 unspecified atom stereocenters. The zero-order valence-corrected chi connectivity index (χ0v) is 32.2. The molecule has 0 spiro atoms. The highest BCUT2D eigenvalue weighted by Gasteiger charge is 2.33. The maximum absolute atomic E-state index is 13.7. The van der Waals surface area contributed by atoms with E-state index in [0.717, 1.165) is 96.3 Å². The molecule has 0 aromatic heterocycles. The largest absolute Gasteiger partial charge is 0.480 e. The molecule has 15 heteroatoms. The molecule has 0 saturated heterocycles. The Morgan fingerprint density at radius 1 is 0.509 bits per heavy atom. The van der Waals surface area contributed by atoms with Crippen LogP contribution in [-0.2, 0) is 33.6 Å². The van der Waals surface area contributed by atoms with Crippen LogP contribution in [0, 0.1) is 17.8 Å². The van der Waals surface area contributed by atoms with Gasteiger partial charge < -0.3 is 41.5 Å². The van der Waals surface area contributed by atoms with Crippen LogP contribution in [0.1, 0.15) is 117 Å². The third kappa shape index (κ3) is 14.2. The number of rotatable bonds is 19. The van der Waals surface area contributed by atoms with Crippen molar-refractivity contribution >= 4 is 41.4 Å². The van der Waals surface area contributed by atoms with Gasteiger partial charge >= 0.3 is 5.97 Å². The molecule has 0 aliphatic heterocycles. The Balaban J connectivity index is 1.65.